The third-order valence-electron chi connectivity index (χ3n) is 6.85. The first kappa shape index (κ1) is 37.9. The highest BCUT2D eigenvalue weighted by molar-refractivity contribution is 6.00. The van der Waals surface area contributed by atoms with Crippen molar-refractivity contribution in [3.05, 3.63) is 95.4 Å². The summed E-state index contributed by atoms with van der Waals surface area (Å²) < 4.78 is 35.7. The number of carbonyl (C=O) groups excluding carboxylic acids is 2. The van der Waals surface area contributed by atoms with Crippen molar-refractivity contribution in [1.82, 2.24) is 20.5 Å². The number of para-hydroxylation sites is 1. The maximum absolute atomic E-state index is 13.4. The van der Waals surface area contributed by atoms with Gasteiger partial charge in [0.1, 0.15) is 5.69 Å². The molecule has 11 heteroatoms. The monoisotopic (exact) mass is 641 g/mol. The van der Waals surface area contributed by atoms with Crippen LogP contribution >= 0.6 is 0 Å². The number of unbranched alkanes of at least 4 members (excludes halogenated alkanes) is 2. The maximum Gasteiger partial charge on any atom is 0.586 e. The van der Waals surface area contributed by atoms with E-state index in [-0.39, 0.29) is 23.1 Å². The molecule has 0 saturated carbocycles. The van der Waals surface area contributed by atoms with Gasteiger partial charge in [-0.25, -0.2) is 0 Å². The van der Waals surface area contributed by atoms with Gasteiger partial charge in [-0.15, -0.1) is 8.78 Å². The van der Waals surface area contributed by atoms with Gasteiger partial charge in [0, 0.05) is 36.7 Å². The highest BCUT2D eigenvalue weighted by atomic mass is 19.3. The SMILES string of the molecule is C=CC1=C(/C=C(\C)NC(=O)c2ccccc2NCc2ccnc(C(=O)NCCCN(CCCC)CCCC)c2)OC(F)(F)O1.CC. The summed E-state index contributed by atoms with van der Waals surface area (Å²) >= 11 is 0. The molecule has 2 amide bonds. The lowest BCUT2D eigenvalue weighted by Gasteiger charge is -2.21. The number of allylic oxidation sites excluding steroid dienone is 3. The van der Waals surface area contributed by atoms with Crippen LogP contribution in [0.4, 0.5) is 14.5 Å². The summed E-state index contributed by atoms with van der Waals surface area (Å²) in [6, 6.07) is 10.4. The van der Waals surface area contributed by atoms with Crippen molar-refractivity contribution in [1.29, 1.82) is 0 Å². The Kier molecular flexibility index (Phi) is 16.5. The van der Waals surface area contributed by atoms with Crippen LogP contribution in [0.1, 0.15) is 93.1 Å². The fourth-order valence-electron chi connectivity index (χ4n) is 4.53. The lowest BCUT2D eigenvalue weighted by atomic mass is 10.1. The van der Waals surface area contributed by atoms with Crippen molar-refractivity contribution < 1.29 is 27.8 Å². The number of rotatable bonds is 18. The molecule has 0 bridgehead atoms. The number of hydrogen-bond donors (Lipinski definition) is 3. The van der Waals surface area contributed by atoms with Crippen molar-refractivity contribution in [2.75, 3.05) is 31.5 Å². The summed E-state index contributed by atoms with van der Waals surface area (Å²) in [6.07, 6.45) is 5.69. The number of nitrogens with zero attached hydrogens (tertiary/aromatic N) is 2. The minimum Gasteiger partial charge on any atom is -0.395 e. The Bertz CT molecular complexity index is 1340. The molecule has 0 unspecified atom stereocenters. The number of alkyl halides is 2. The number of amides is 2. The molecule has 3 N–H and O–H groups in total. The molecule has 252 valence electrons. The number of hydrogen-bond acceptors (Lipinski definition) is 7. The summed E-state index contributed by atoms with van der Waals surface area (Å²) in [7, 11) is 0. The number of carbonyl (C=O) groups is 2. The molecule has 0 atom stereocenters. The van der Waals surface area contributed by atoms with Gasteiger partial charge in [0.25, 0.3) is 11.8 Å². The van der Waals surface area contributed by atoms with Crippen LogP contribution in [0.2, 0.25) is 0 Å². The molecule has 46 heavy (non-hydrogen) atoms. The third kappa shape index (κ3) is 12.6. The molecule has 2 aromatic rings. The number of pyridine rings is 1. The molecule has 1 aliphatic heterocycles. The van der Waals surface area contributed by atoms with Crippen molar-refractivity contribution in [2.45, 2.75) is 79.6 Å². The van der Waals surface area contributed by atoms with Gasteiger partial charge in [-0.05, 0) is 81.7 Å². The fraction of sp³-hybridized carbons (Fsp3) is 0.457. The van der Waals surface area contributed by atoms with Crippen LogP contribution in [-0.4, -0.2) is 54.2 Å². The maximum atomic E-state index is 13.4. The largest absolute Gasteiger partial charge is 0.586 e. The Hall–Kier alpha value is -4.25. The van der Waals surface area contributed by atoms with Gasteiger partial charge < -0.3 is 30.3 Å². The zero-order chi connectivity index (χ0) is 34.0. The van der Waals surface area contributed by atoms with E-state index in [2.05, 4.69) is 55.7 Å². The van der Waals surface area contributed by atoms with Crippen molar-refractivity contribution in [2.24, 2.45) is 0 Å². The van der Waals surface area contributed by atoms with Gasteiger partial charge in [-0.3, -0.25) is 14.6 Å². The number of aromatic nitrogens is 1. The first-order valence-electron chi connectivity index (χ1n) is 16.1. The highest BCUT2D eigenvalue weighted by Crippen LogP contribution is 2.34. The van der Waals surface area contributed by atoms with Gasteiger partial charge in [0.05, 0.1) is 5.56 Å². The fourth-order valence-corrected chi connectivity index (χ4v) is 4.53. The summed E-state index contributed by atoms with van der Waals surface area (Å²) in [5, 5.41) is 8.89. The van der Waals surface area contributed by atoms with Gasteiger partial charge in [-0.1, -0.05) is 59.2 Å². The van der Waals surface area contributed by atoms with E-state index in [0.29, 0.717) is 30.0 Å². The molecule has 0 aliphatic carbocycles. The van der Waals surface area contributed by atoms with Gasteiger partial charge >= 0.3 is 6.29 Å². The summed E-state index contributed by atoms with van der Waals surface area (Å²) in [5.74, 6) is -1.15. The Morgan fingerprint density at radius 3 is 2.30 bits per heavy atom. The van der Waals surface area contributed by atoms with Crippen molar-refractivity contribution in [3.8, 4) is 0 Å². The molecule has 0 saturated heterocycles. The van der Waals surface area contributed by atoms with Crippen molar-refractivity contribution in [3.63, 3.8) is 0 Å². The topological polar surface area (TPSA) is 105 Å². The Morgan fingerprint density at radius 2 is 1.63 bits per heavy atom. The van der Waals surface area contributed by atoms with E-state index in [1.165, 1.54) is 31.8 Å². The van der Waals surface area contributed by atoms with Crippen LogP contribution in [0.5, 0.6) is 0 Å². The summed E-state index contributed by atoms with van der Waals surface area (Å²) in [6.45, 7) is 17.4. The molecule has 9 nitrogen and oxygen atoms in total. The van der Waals surface area contributed by atoms with E-state index in [9.17, 15) is 18.4 Å². The van der Waals surface area contributed by atoms with E-state index in [4.69, 9.17) is 0 Å². The average Bonchev–Trinajstić information content (AvgIpc) is 3.36. The molecule has 0 fully saturated rings. The Morgan fingerprint density at radius 1 is 0.978 bits per heavy atom. The van der Waals surface area contributed by atoms with E-state index in [1.54, 1.807) is 49.5 Å². The minimum absolute atomic E-state index is 0.229. The molecule has 1 aromatic heterocycles. The average molecular weight is 642 g/mol. The predicted molar refractivity (Wildman–Crippen MR) is 178 cm³/mol. The summed E-state index contributed by atoms with van der Waals surface area (Å²) in [5.41, 5.74) is 2.28. The zero-order valence-electron chi connectivity index (χ0n) is 27.8. The molecule has 1 aliphatic rings. The second kappa shape index (κ2) is 20.0. The Labute approximate surface area is 272 Å². The second-order valence-corrected chi connectivity index (χ2v) is 10.5. The second-order valence-electron chi connectivity index (χ2n) is 10.5. The van der Waals surface area contributed by atoms with E-state index in [1.807, 2.05) is 13.8 Å². The normalized spacial score (nSPS) is 13.7. The minimum atomic E-state index is -3.80. The lowest BCUT2D eigenvalue weighted by molar-refractivity contribution is -0.335. The smallest absolute Gasteiger partial charge is 0.395 e. The number of anilines is 1. The van der Waals surface area contributed by atoms with Gasteiger partial charge in [0.2, 0.25) is 0 Å². The molecule has 3 rings (SSSR count). The van der Waals surface area contributed by atoms with Crippen LogP contribution in [0.15, 0.2) is 78.5 Å². The van der Waals surface area contributed by atoms with E-state index < -0.39 is 12.2 Å². The van der Waals surface area contributed by atoms with Crippen LogP contribution in [0.25, 0.3) is 0 Å². The number of halogens is 2. The molecular weight excluding hydrogens is 592 g/mol. The predicted octanol–water partition coefficient (Wildman–Crippen LogP) is 7.37. The Balaban J connectivity index is 0.00000361. The van der Waals surface area contributed by atoms with E-state index in [0.717, 1.165) is 37.7 Å². The first-order valence-corrected chi connectivity index (χ1v) is 16.1. The van der Waals surface area contributed by atoms with Crippen LogP contribution in [0, 0.1) is 0 Å². The van der Waals surface area contributed by atoms with Crippen molar-refractivity contribution >= 4 is 17.5 Å². The molecular formula is C35H49F2N5O4. The number of nitrogens with one attached hydrogen (secondary N) is 3. The van der Waals surface area contributed by atoms with Crippen LogP contribution < -0.4 is 16.0 Å². The first-order chi connectivity index (χ1) is 22.2. The third-order valence-corrected chi connectivity index (χ3v) is 6.85. The molecule has 0 radical (unpaired) electrons. The van der Waals surface area contributed by atoms with Gasteiger partial charge in [-0.2, -0.15) is 0 Å². The molecule has 0 spiro atoms. The standard InChI is InChI=1S/C33H43F2N5O4.C2H6/c1-5-8-18-40(19-9-6-2)20-12-16-37-32(42)28-22-25(15-17-36-28)23-38-27-14-11-10-13-26(27)31(41)39-24(4)21-30-29(7-3)43-33(34,35)44-30;1-2/h7,10-11,13-15,17,21-22,38H,3,5-6,8-9,12,16,18-20,23H2,1-2,4H3,(H,37,42)(H,39,41);1-2H3/b24-21+;. The van der Waals surface area contributed by atoms with Crippen LogP contribution in [-0.2, 0) is 16.0 Å². The number of ether oxygens (including phenoxy) is 2. The summed E-state index contributed by atoms with van der Waals surface area (Å²) in [4.78, 5) is 32.5. The number of benzene rings is 1. The molecule has 1 aromatic carbocycles. The lowest BCUT2D eigenvalue weighted by Crippen LogP contribution is -2.31. The zero-order valence-corrected chi connectivity index (χ0v) is 27.8. The molecule has 2 heterocycles. The van der Waals surface area contributed by atoms with Crippen LogP contribution in [0.3, 0.4) is 0 Å². The quantitative estimate of drug-likeness (QED) is 0.146. The highest BCUT2D eigenvalue weighted by Gasteiger charge is 2.43. The van der Waals surface area contributed by atoms with E-state index >= 15 is 0 Å². The van der Waals surface area contributed by atoms with Gasteiger partial charge in [0.15, 0.2) is 11.5 Å².